The Balaban J connectivity index is 2.05. The minimum atomic E-state index is 1.04. The van der Waals surface area contributed by atoms with E-state index in [1.807, 2.05) is 0 Å². The van der Waals surface area contributed by atoms with Crippen molar-refractivity contribution < 1.29 is 0 Å². The monoisotopic (exact) mass is 248 g/mol. The largest absolute Gasteiger partial charge is 0.224 e. The van der Waals surface area contributed by atoms with Crippen molar-refractivity contribution in [3.63, 3.8) is 0 Å². The molecular weight excluding hydrogens is 234 g/mol. The van der Waals surface area contributed by atoms with Gasteiger partial charge in [-0.2, -0.15) is 0 Å². The summed E-state index contributed by atoms with van der Waals surface area (Å²) in [5.74, 6) is 2.21. The average Bonchev–Trinajstić information content (AvgIpc) is 1.86. The lowest BCUT2D eigenvalue weighted by atomic mass is 9.44. The van der Waals surface area contributed by atoms with Crippen molar-refractivity contribution in [3.8, 4) is 0 Å². The molecule has 0 atom stereocenters. The lowest BCUT2D eigenvalue weighted by Crippen LogP contribution is -2.29. The van der Waals surface area contributed by atoms with Crippen LogP contribution in [0.1, 0.15) is 38.5 Å². The van der Waals surface area contributed by atoms with E-state index < -0.39 is 0 Å². The van der Waals surface area contributed by atoms with Crippen LogP contribution in [0.5, 0.6) is 0 Å². The van der Waals surface area contributed by atoms with Gasteiger partial charge in [-0.3, -0.25) is 0 Å². The topological polar surface area (TPSA) is 0 Å². The van der Waals surface area contributed by atoms with E-state index in [0.717, 1.165) is 16.2 Å². The van der Waals surface area contributed by atoms with Crippen LogP contribution >= 0.6 is 22.4 Å². The molecule has 56 valence electrons. The minimum absolute atomic E-state index is 1.04. The van der Waals surface area contributed by atoms with Gasteiger partial charge in [-0.1, -0.05) is 50.2 Å². The van der Waals surface area contributed by atoms with Gasteiger partial charge in [0.2, 0.25) is 4.57 Å². The van der Waals surface area contributed by atoms with Crippen molar-refractivity contribution in [1.82, 2.24) is 0 Å². The molecular formula is C8H14BI. The van der Waals surface area contributed by atoms with Gasteiger partial charge >= 0.3 is 0 Å². The van der Waals surface area contributed by atoms with Gasteiger partial charge < -0.3 is 0 Å². The molecule has 0 nitrogen and oxygen atoms in total. The third-order valence-electron chi connectivity index (χ3n) is 3.20. The van der Waals surface area contributed by atoms with Crippen LogP contribution in [0.15, 0.2) is 0 Å². The number of fused-ring (bicyclic) bond motifs is 2. The van der Waals surface area contributed by atoms with Crippen LogP contribution in [-0.4, -0.2) is 4.57 Å². The van der Waals surface area contributed by atoms with Crippen LogP contribution in [0.4, 0.5) is 0 Å². The van der Waals surface area contributed by atoms with Crippen LogP contribution in [0.25, 0.3) is 0 Å². The van der Waals surface area contributed by atoms with Gasteiger partial charge in [-0.05, 0) is 0 Å². The van der Waals surface area contributed by atoms with E-state index in [4.69, 9.17) is 0 Å². The molecule has 2 bridgehead atoms. The highest BCUT2D eigenvalue weighted by Gasteiger charge is 2.37. The predicted molar refractivity (Wildman–Crippen MR) is 55.0 cm³/mol. The molecule has 0 aromatic carbocycles. The fourth-order valence-corrected chi connectivity index (χ4v) is 4.03. The van der Waals surface area contributed by atoms with Crippen molar-refractivity contribution in [1.29, 1.82) is 0 Å². The summed E-state index contributed by atoms with van der Waals surface area (Å²) in [4.78, 5) is 0. The van der Waals surface area contributed by atoms with E-state index in [-0.39, 0.29) is 0 Å². The fourth-order valence-electron chi connectivity index (χ4n) is 2.59. The maximum atomic E-state index is 2.70. The molecule has 0 aromatic rings. The number of halogens is 1. The molecule has 2 saturated heterocycles. The highest BCUT2D eigenvalue weighted by molar-refractivity contribution is 14.1. The molecule has 0 N–H and O–H groups in total. The highest BCUT2D eigenvalue weighted by Crippen LogP contribution is 2.48. The van der Waals surface area contributed by atoms with Crippen LogP contribution in [0.3, 0.4) is 0 Å². The summed E-state index contributed by atoms with van der Waals surface area (Å²) in [5, 5.41) is 0. The minimum Gasteiger partial charge on any atom is -0.149 e. The van der Waals surface area contributed by atoms with Crippen LogP contribution in [-0.2, 0) is 0 Å². The second-order valence-electron chi connectivity index (χ2n) is 3.83. The van der Waals surface area contributed by atoms with E-state index in [0.29, 0.717) is 0 Å². The highest BCUT2D eigenvalue weighted by atomic mass is 127. The Morgan fingerprint density at radius 2 is 1.30 bits per heavy atom. The van der Waals surface area contributed by atoms with Gasteiger partial charge in [0.1, 0.15) is 0 Å². The summed E-state index contributed by atoms with van der Waals surface area (Å²) >= 11 is 2.70. The molecule has 0 unspecified atom stereocenters. The molecule has 0 amide bonds. The van der Waals surface area contributed by atoms with Gasteiger partial charge in [0.05, 0.1) is 0 Å². The Kier molecular flexibility index (Phi) is 2.26. The Hall–Kier alpha value is 0.795. The first kappa shape index (κ1) is 7.44. The van der Waals surface area contributed by atoms with Crippen molar-refractivity contribution in [2.75, 3.05) is 0 Å². The van der Waals surface area contributed by atoms with Crippen molar-refractivity contribution in [2.24, 2.45) is 0 Å². The maximum Gasteiger partial charge on any atom is 0.224 e. The molecule has 0 radical (unpaired) electrons. The Morgan fingerprint density at radius 1 is 0.900 bits per heavy atom. The number of hydrogen-bond donors (Lipinski definition) is 0. The number of hydrogen-bond acceptors (Lipinski definition) is 0. The first-order chi connectivity index (χ1) is 4.88. The lowest BCUT2D eigenvalue weighted by molar-refractivity contribution is 0.453. The molecule has 2 heteroatoms. The SMILES string of the molecule is IB1C2CCCC1CCC2. The Morgan fingerprint density at radius 3 is 1.60 bits per heavy atom. The van der Waals surface area contributed by atoms with Gasteiger partial charge in [-0.25, -0.2) is 0 Å². The third-order valence-corrected chi connectivity index (χ3v) is 5.23. The van der Waals surface area contributed by atoms with E-state index in [1.165, 1.54) is 38.5 Å². The molecule has 2 fully saturated rings. The van der Waals surface area contributed by atoms with Gasteiger partial charge in [0, 0.05) is 0 Å². The molecule has 0 aromatic heterocycles. The molecule has 2 heterocycles. The third kappa shape index (κ3) is 1.24. The average molecular weight is 248 g/mol. The summed E-state index contributed by atoms with van der Waals surface area (Å²) in [5.41, 5.74) is 0. The summed E-state index contributed by atoms with van der Waals surface area (Å²) < 4.78 is 1.04. The van der Waals surface area contributed by atoms with Crippen LogP contribution in [0.2, 0.25) is 11.6 Å². The molecule has 2 aliphatic rings. The molecule has 2 rings (SSSR count). The summed E-state index contributed by atoms with van der Waals surface area (Å²) in [6.07, 6.45) is 9.17. The molecule has 0 spiro atoms. The summed E-state index contributed by atoms with van der Waals surface area (Å²) in [6, 6.07) is 0. The van der Waals surface area contributed by atoms with Gasteiger partial charge in [0.15, 0.2) is 0 Å². The van der Waals surface area contributed by atoms with Crippen molar-refractivity contribution >= 4 is 26.9 Å². The standard InChI is InChI=1S/C8H14BI/c10-9-7-3-1-4-8(9)6-2-5-7/h7-8H,1-6H2. The maximum absolute atomic E-state index is 2.70. The Labute approximate surface area is 77.1 Å². The summed E-state index contributed by atoms with van der Waals surface area (Å²) in [7, 11) is 0. The fraction of sp³-hybridized carbons (Fsp3) is 1.00. The van der Waals surface area contributed by atoms with Crippen LogP contribution in [0, 0.1) is 0 Å². The smallest absolute Gasteiger partial charge is 0.149 e. The molecule has 2 aliphatic heterocycles. The van der Waals surface area contributed by atoms with E-state index in [1.54, 1.807) is 0 Å². The van der Waals surface area contributed by atoms with Gasteiger partial charge in [0.25, 0.3) is 0 Å². The number of rotatable bonds is 0. The first-order valence-electron chi connectivity index (χ1n) is 4.52. The zero-order chi connectivity index (χ0) is 6.97. The van der Waals surface area contributed by atoms with E-state index >= 15 is 0 Å². The first-order valence-corrected chi connectivity index (χ1v) is 5.76. The molecule has 0 saturated carbocycles. The molecule has 0 aliphatic carbocycles. The second kappa shape index (κ2) is 3.04. The Bertz CT molecular complexity index is 104. The summed E-state index contributed by atoms with van der Waals surface area (Å²) in [6.45, 7) is 0. The van der Waals surface area contributed by atoms with Crippen LogP contribution < -0.4 is 0 Å². The quantitative estimate of drug-likeness (QED) is 0.454. The predicted octanol–water partition coefficient (Wildman–Crippen LogP) is 3.52. The zero-order valence-corrected chi connectivity index (χ0v) is 8.51. The van der Waals surface area contributed by atoms with E-state index in [9.17, 15) is 0 Å². The van der Waals surface area contributed by atoms with E-state index in [2.05, 4.69) is 22.4 Å². The second-order valence-corrected chi connectivity index (χ2v) is 5.26. The van der Waals surface area contributed by atoms with Crippen molar-refractivity contribution in [3.05, 3.63) is 0 Å². The van der Waals surface area contributed by atoms with Crippen molar-refractivity contribution in [2.45, 2.75) is 50.2 Å². The molecule has 10 heavy (non-hydrogen) atoms. The zero-order valence-electron chi connectivity index (χ0n) is 6.35. The normalized spacial score (nSPS) is 39.9. The lowest BCUT2D eigenvalue weighted by Gasteiger charge is -2.37. The van der Waals surface area contributed by atoms with Gasteiger partial charge in [-0.15, -0.1) is 22.4 Å².